The molecule has 3 N–H and O–H groups in total. The first-order valence-corrected chi connectivity index (χ1v) is 9.66. The molecule has 0 spiro atoms. The van der Waals surface area contributed by atoms with Crippen molar-refractivity contribution in [1.29, 1.82) is 0 Å². The third kappa shape index (κ3) is 4.54. The maximum Gasteiger partial charge on any atom is 0.335 e. The second-order valence-corrected chi connectivity index (χ2v) is 7.52. The average Bonchev–Trinajstić information content (AvgIpc) is 2.69. The molecule has 0 bridgehead atoms. The number of hydrogen-bond donors (Lipinski definition) is 3. The van der Waals surface area contributed by atoms with Crippen molar-refractivity contribution in [2.45, 2.75) is 4.90 Å². The lowest BCUT2D eigenvalue weighted by atomic mass is 10.1. The Morgan fingerprint density at radius 2 is 1.43 bits per heavy atom. The molecule has 0 aliphatic carbocycles. The normalized spacial score (nSPS) is 10.9. The van der Waals surface area contributed by atoms with Crippen molar-refractivity contribution >= 4 is 33.3 Å². The summed E-state index contributed by atoms with van der Waals surface area (Å²) in [6.07, 6.45) is 0. The molecule has 0 aromatic heterocycles. The summed E-state index contributed by atoms with van der Waals surface area (Å²) in [5.41, 5.74) is 1.02. The molecule has 3 rings (SSSR count). The molecule has 0 fully saturated rings. The van der Waals surface area contributed by atoms with Crippen LogP contribution in [0.4, 0.5) is 11.4 Å². The number of carboxylic acid groups (broad SMARTS) is 1. The first kappa shape index (κ1) is 19.1. The van der Waals surface area contributed by atoms with E-state index >= 15 is 0 Å². The Labute approximate surface area is 161 Å². The minimum absolute atomic E-state index is 0.107. The predicted octanol–water partition coefficient (Wildman–Crippen LogP) is 3.44. The van der Waals surface area contributed by atoms with Crippen molar-refractivity contribution in [3.63, 3.8) is 0 Å². The zero-order valence-corrected chi connectivity index (χ0v) is 15.3. The molecular formula is C20H16N2O5S. The fraction of sp³-hybridized carbons (Fsp3) is 0. The van der Waals surface area contributed by atoms with Gasteiger partial charge in [0, 0.05) is 16.9 Å². The van der Waals surface area contributed by atoms with Crippen LogP contribution in [0.1, 0.15) is 20.7 Å². The van der Waals surface area contributed by atoms with Crippen LogP contribution < -0.4 is 10.0 Å². The topological polar surface area (TPSA) is 113 Å². The number of hydrogen-bond acceptors (Lipinski definition) is 4. The zero-order valence-electron chi connectivity index (χ0n) is 14.5. The Balaban J connectivity index is 1.75. The highest BCUT2D eigenvalue weighted by atomic mass is 32.2. The van der Waals surface area contributed by atoms with E-state index < -0.39 is 21.9 Å². The van der Waals surface area contributed by atoms with E-state index in [1.165, 1.54) is 42.5 Å². The zero-order chi connectivity index (χ0) is 20.1. The number of nitrogens with one attached hydrogen (secondary N) is 2. The number of carboxylic acids is 1. The van der Waals surface area contributed by atoms with Crippen molar-refractivity contribution in [3.8, 4) is 0 Å². The standard InChI is InChI=1S/C20H16N2O5S/c23-19(21-16-11-9-14(10-12-16)20(24)25)15-5-4-6-17(13-15)22-28(26,27)18-7-2-1-3-8-18/h1-13,22H,(H,21,23)(H,24,25). The summed E-state index contributed by atoms with van der Waals surface area (Å²) in [6, 6.07) is 19.7. The summed E-state index contributed by atoms with van der Waals surface area (Å²) in [6.45, 7) is 0. The lowest BCUT2D eigenvalue weighted by Crippen LogP contribution is -2.15. The lowest BCUT2D eigenvalue weighted by Gasteiger charge is -2.10. The monoisotopic (exact) mass is 396 g/mol. The molecule has 1 amide bonds. The van der Waals surface area contributed by atoms with Crippen molar-refractivity contribution in [2.75, 3.05) is 10.0 Å². The van der Waals surface area contributed by atoms with Crippen molar-refractivity contribution in [1.82, 2.24) is 0 Å². The molecule has 0 aliphatic rings. The van der Waals surface area contributed by atoms with Crippen LogP contribution in [0.3, 0.4) is 0 Å². The van der Waals surface area contributed by atoms with Gasteiger partial charge in [-0.2, -0.15) is 0 Å². The third-order valence-electron chi connectivity index (χ3n) is 3.82. The van der Waals surface area contributed by atoms with E-state index in [2.05, 4.69) is 10.0 Å². The third-order valence-corrected chi connectivity index (χ3v) is 5.22. The van der Waals surface area contributed by atoms with Gasteiger partial charge in [-0.15, -0.1) is 0 Å². The van der Waals surface area contributed by atoms with Crippen LogP contribution in [0.2, 0.25) is 0 Å². The van der Waals surface area contributed by atoms with Crippen molar-refractivity contribution in [2.24, 2.45) is 0 Å². The molecule has 3 aromatic rings. The predicted molar refractivity (Wildman–Crippen MR) is 105 cm³/mol. The highest BCUT2D eigenvalue weighted by Gasteiger charge is 2.15. The van der Waals surface area contributed by atoms with Gasteiger partial charge in [0.05, 0.1) is 10.5 Å². The first-order chi connectivity index (χ1) is 13.3. The Morgan fingerprint density at radius 1 is 0.750 bits per heavy atom. The molecule has 0 radical (unpaired) electrons. The van der Waals surface area contributed by atoms with Crippen LogP contribution in [-0.2, 0) is 10.0 Å². The van der Waals surface area contributed by atoms with Gasteiger partial charge in [-0.25, -0.2) is 13.2 Å². The maximum absolute atomic E-state index is 12.4. The Hall–Kier alpha value is -3.65. The second-order valence-electron chi connectivity index (χ2n) is 5.84. The number of carbonyl (C=O) groups excluding carboxylic acids is 1. The van der Waals surface area contributed by atoms with Gasteiger partial charge in [-0.1, -0.05) is 24.3 Å². The van der Waals surface area contributed by atoms with Crippen LogP contribution in [0, 0.1) is 0 Å². The van der Waals surface area contributed by atoms with Gasteiger partial charge >= 0.3 is 5.97 Å². The quantitative estimate of drug-likeness (QED) is 0.591. The molecule has 3 aromatic carbocycles. The highest BCUT2D eigenvalue weighted by molar-refractivity contribution is 7.92. The van der Waals surface area contributed by atoms with E-state index in [0.717, 1.165) is 0 Å². The summed E-state index contributed by atoms with van der Waals surface area (Å²) in [7, 11) is -3.76. The molecule has 7 nitrogen and oxygen atoms in total. The molecule has 0 saturated carbocycles. The fourth-order valence-electron chi connectivity index (χ4n) is 2.44. The van der Waals surface area contributed by atoms with Gasteiger partial charge < -0.3 is 10.4 Å². The van der Waals surface area contributed by atoms with Gasteiger partial charge in [0.1, 0.15) is 0 Å². The molecule has 0 heterocycles. The number of carbonyl (C=O) groups is 2. The SMILES string of the molecule is O=C(O)c1ccc(NC(=O)c2cccc(NS(=O)(=O)c3ccccc3)c2)cc1. The fourth-order valence-corrected chi connectivity index (χ4v) is 3.51. The first-order valence-electron chi connectivity index (χ1n) is 8.18. The van der Waals surface area contributed by atoms with Gasteiger partial charge in [-0.05, 0) is 54.6 Å². The van der Waals surface area contributed by atoms with E-state index in [-0.39, 0.29) is 21.7 Å². The second kappa shape index (κ2) is 7.93. The lowest BCUT2D eigenvalue weighted by molar-refractivity contribution is 0.0696. The van der Waals surface area contributed by atoms with Gasteiger partial charge in [0.15, 0.2) is 0 Å². The number of benzene rings is 3. The molecule has 28 heavy (non-hydrogen) atoms. The largest absolute Gasteiger partial charge is 0.478 e. The van der Waals surface area contributed by atoms with E-state index in [1.54, 1.807) is 36.4 Å². The van der Waals surface area contributed by atoms with Gasteiger partial charge in [0.2, 0.25) is 0 Å². The molecule has 0 atom stereocenters. The smallest absolute Gasteiger partial charge is 0.335 e. The molecule has 0 saturated heterocycles. The molecule has 8 heteroatoms. The summed E-state index contributed by atoms with van der Waals surface area (Å²) in [5.74, 6) is -1.51. The average molecular weight is 396 g/mol. The number of aromatic carboxylic acids is 1. The highest BCUT2D eigenvalue weighted by Crippen LogP contribution is 2.18. The Bertz CT molecular complexity index is 1110. The van der Waals surface area contributed by atoms with Crippen molar-refractivity contribution in [3.05, 3.63) is 90.0 Å². The van der Waals surface area contributed by atoms with Crippen LogP contribution in [0.15, 0.2) is 83.8 Å². The number of rotatable bonds is 6. The van der Waals surface area contributed by atoms with Crippen molar-refractivity contribution < 1.29 is 23.1 Å². The Kier molecular flexibility index (Phi) is 5.42. The maximum atomic E-state index is 12.4. The minimum atomic E-state index is -3.76. The van der Waals surface area contributed by atoms with E-state index in [0.29, 0.717) is 5.69 Å². The molecular weight excluding hydrogens is 380 g/mol. The van der Waals surface area contributed by atoms with Crippen LogP contribution >= 0.6 is 0 Å². The minimum Gasteiger partial charge on any atom is -0.478 e. The summed E-state index contributed by atoms with van der Waals surface area (Å²) in [5, 5.41) is 11.5. The molecule has 142 valence electrons. The van der Waals surface area contributed by atoms with Gasteiger partial charge in [0.25, 0.3) is 15.9 Å². The number of sulfonamides is 1. The summed E-state index contributed by atoms with van der Waals surface area (Å²) >= 11 is 0. The Morgan fingerprint density at radius 3 is 2.07 bits per heavy atom. The number of amides is 1. The summed E-state index contributed by atoms with van der Waals surface area (Å²) in [4.78, 5) is 23.4. The molecule has 0 aliphatic heterocycles. The van der Waals surface area contributed by atoms with E-state index in [1.807, 2.05) is 0 Å². The number of anilines is 2. The van der Waals surface area contributed by atoms with E-state index in [4.69, 9.17) is 5.11 Å². The molecule has 0 unspecified atom stereocenters. The van der Waals surface area contributed by atoms with E-state index in [9.17, 15) is 18.0 Å². The van der Waals surface area contributed by atoms with Gasteiger partial charge in [-0.3, -0.25) is 9.52 Å². The van der Waals surface area contributed by atoms with Crippen LogP contribution in [0.25, 0.3) is 0 Å². The summed E-state index contributed by atoms with van der Waals surface area (Å²) < 4.78 is 27.2. The van der Waals surface area contributed by atoms with Crippen LogP contribution in [0.5, 0.6) is 0 Å². The van der Waals surface area contributed by atoms with Crippen LogP contribution in [-0.4, -0.2) is 25.4 Å².